The molecule has 2 aliphatic rings. The molecular formula is C32H36F2N8O2. The molecule has 2 N–H and O–H groups in total. The van der Waals surface area contributed by atoms with E-state index in [0.717, 1.165) is 60.7 Å². The highest BCUT2D eigenvalue weighted by Gasteiger charge is 2.25. The molecule has 2 fully saturated rings. The van der Waals surface area contributed by atoms with Crippen molar-refractivity contribution in [3.05, 3.63) is 95.3 Å². The predicted octanol–water partition coefficient (Wildman–Crippen LogP) is 3.99. The first-order valence-electron chi connectivity index (χ1n) is 14.8. The van der Waals surface area contributed by atoms with Gasteiger partial charge in [-0.1, -0.05) is 11.3 Å². The molecule has 44 heavy (non-hydrogen) atoms. The normalized spacial score (nSPS) is 15.8. The van der Waals surface area contributed by atoms with Crippen molar-refractivity contribution in [1.82, 2.24) is 24.8 Å². The Bertz CT molecular complexity index is 1580. The summed E-state index contributed by atoms with van der Waals surface area (Å²) >= 11 is 0. The van der Waals surface area contributed by atoms with Crippen molar-refractivity contribution < 1.29 is 18.3 Å². The third kappa shape index (κ3) is 7.14. The summed E-state index contributed by atoms with van der Waals surface area (Å²) in [5.41, 5.74) is 5.28. The molecule has 0 bridgehead atoms. The van der Waals surface area contributed by atoms with Gasteiger partial charge in [-0.2, -0.15) is 0 Å². The van der Waals surface area contributed by atoms with Gasteiger partial charge in [0.1, 0.15) is 17.3 Å². The third-order valence-electron chi connectivity index (χ3n) is 7.91. The van der Waals surface area contributed by atoms with Crippen molar-refractivity contribution in [2.24, 2.45) is 0 Å². The third-order valence-corrected chi connectivity index (χ3v) is 7.91. The number of carbonyl (C=O) groups excluding carboxylic acids is 1. The zero-order chi connectivity index (χ0) is 30.5. The summed E-state index contributed by atoms with van der Waals surface area (Å²) in [7, 11) is 2.12. The molecule has 12 heteroatoms. The highest BCUT2D eigenvalue weighted by Crippen LogP contribution is 2.28. The lowest BCUT2D eigenvalue weighted by Crippen LogP contribution is -2.46. The number of benzene rings is 3. The summed E-state index contributed by atoms with van der Waals surface area (Å²) in [6.07, 6.45) is 1.84. The molecule has 230 valence electrons. The summed E-state index contributed by atoms with van der Waals surface area (Å²) in [6, 6.07) is 17.0. The first-order chi connectivity index (χ1) is 21.4. The quantitative estimate of drug-likeness (QED) is 0.297. The number of rotatable bonds is 9. The van der Waals surface area contributed by atoms with Gasteiger partial charge in [0.15, 0.2) is 0 Å². The van der Waals surface area contributed by atoms with Gasteiger partial charge < -0.3 is 30.1 Å². The van der Waals surface area contributed by atoms with Crippen molar-refractivity contribution in [3.8, 4) is 5.69 Å². The van der Waals surface area contributed by atoms with E-state index in [1.54, 1.807) is 4.68 Å². The second-order valence-corrected chi connectivity index (χ2v) is 11.1. The van der Waals surface area contributed by atoms with E-state index in [1.807, 2.05) is 53.6 Å². The Labute approximate surface area is 255 Å². The van der Waals surface area contributed by atoms with Crippen molar-refractivity contribution in [2.75, 3.05) is 75.1 Å². The van der Waals surface area contributed by atoms with Crippen molar-refractivity contribution >= 4 is 23.0 Å². The number of hydrogen-bond acceptors (Lipinski definition) is 8. The van der Waals surface area contributed by atoms with E-state index in [0.29, 0.717) is 44.0 Å². The molecular weight excluding hydrogens is 566 g/mol. The first kappa shape index (κ1) is 29.5. The molecule has 2 saturated heterocycles. The zero-order valence-corrected chi connectivity index (χ0v) is 24.7. The lowest BCUT2D eigenvalue weighted by Gasteiger charge is -2.36. The largest absolute Gasteiger partial charge is 0.381 e. The molecule has 2 aliphatic heterocycles. The summed E-state index contributed by atoms with van der Waals surface area (Å²) in [5.74, 6) is -1.19. The molecule has 3 heterocycles. The Hall–Kier alpha value is -4.55. The Balaban J connectivity index is 1.13. The van der Waals surface area contributed by atoms with Crippen LogP contribution in [0.15, 0.2) is 66.9 Å². The van der Waals surface area contributed by atoms with Crippen LogP contribution in [0.1, 0.15) is 21.6 Å². The fourth-order valence-electron chi connectivity index (χ4n) is 5.45. The number of hydrogen-bond donors (Lipinski definition) is 2. The number of morpholine rings is 1. The Morgan fingerprint density at radius 3 is 2.36 bits per heavy atom. The lowest BCUT2D eigenvalue weighted by atomic mass is 10.1. The van der Waals surface area contributed by atoms with Gasteiger partial charge in [0.2, 0.25) is 0 Å². The topological polar surface area (TPSA) is 90.8 Å². The number of nitrogens with zero attached hydrogens (tertiary/aromatic N) is 6. The smallest absolute Gasteiger partial charge is 0.256 e. The summed E-state index contributed by atoms with van der Waals surface area (Å²) in [6.45, 7) is 6.61. The van der Waals surface area contributed by atoms with E-state index in [9.17, 15) is 13.6 Å². The van der Waals surface area contributed by atoms with Gasteiger partial charge >= 0.3 is 0 Å². The van der Waals surface area contributed by atoms with E-state index < -0.39 is 11.6 Å². The predicted molar refractivity (Wildman–Crippen MR) is 165 cm³/mol. The molecule has 0 unspecified atom stereocenters. The number of carbonyl (C=O) groups is 1. The van der Waals surface area contributed by atoms with Crippen molar-refractivity contribution in [2.45, 2.75) is 13.1 Å². The summed E-state index contributed by atoms with van der Waals surface area (Å²) in [4.78, 5) is 20.1. The number of anilines is 3. The van der Waals surface area contributed by atoms with E-state index in [-0.39, 0.29) is 12.5 Å². The lowest BCUT2D eigenvalue weighted by molar-refractivity contribution is 0.0303. The fourth-order valence-corrected chi connectivity index (χ4v) is 5.45. The number of ether oxygens (including phenoxy) is 1. The van der Waals surface area contributed by atoms with Gasteiger partial charge in [0.05, 0.1) is 37.2 Å². The highest BCUT2D eigenvalue weighted by molar-refractivity contribution is 6.01. The minimum absolute atomic E-state index is 0.0212. The molecule has 10 nitrogen and oxygen atoms in total. The SMILES string of the molecule is CN1CCN(c2ccc(NCc3cn(-c4cccc(NCc5cc(F)cc(F)c5)c4)nn3)cc2C(=O)N2CCOCC2)CC1. The number of piperazine rings is 1. The van der Waals surface area contributed by atoms with Crippen LogP contribution in [-0.4, -0.2) is 90.2 Å². The van der Waals surface area contributed by atoms with Gasteiger partial charge in [-0.05, 0) is 61.1 Å². The van der Waals surface area contributed by atoms with Gasteiger partial charge in [-0.25, -0.2) is 13.5 Å². The van der Waals surface area contributed by atoms with Crippen molar-refractivity contribution in [1.29, 1.82) is 0 Å². The number of likely N-dealkylation sites (N-methyl/N-ethyl adjacent to an activating group) is 1. The molecule has 0 atom stereocenters. The first-order valence-corrected chi connectivity index (χ1v) is 14.8. The van der Waals surface area contributed by atoms with Crippen LogP contribution >= 0.6 is 0 Å². The zero-order valence-electron chi connectivity index (χ0n) is 24.7. The van der Waals surface area contributed by atoms with Crippen LogP contribution in [0.25, 0.3) is 5.69 Å². The summed E-state index contributed by atoms with van der Waals surface area (Å²) < 4.78 is 34.2. The number of amides is 1. The van der Waals surface area contributed by atoms with Crippen LogP contribution in [0.4, 0.5) is 25.8 Å². The highest BCUT2D eigenvalue weighted by atomic mass is 19.1. The number of halogens is 2. The van der Waals surface area contributed by atoms with Crippen molar-refractivity contribution in [3.63, 3.8) is 0 Å². The average Bonchev–Trinajstić information content (AvgIpc) is 3.52. The van der Waals surface area contributed by atoms with Crippen LogP contribution in [-0.2, 0) is 17.8 Å². The maximum Gasteiger partial charge on any atom is 0.256 e. The Morgan fingerprint density at radius 1 is 0.864 bits per heavy atom. The minimum atomic E-state index is -0.606. The number of nitrogens with one attached hydrogen (secondary N) is 2. The molecule has 0 aliphatic carbocycles. The van der Waals surface area contributed by atoms with E-state index in [4.69, 9.17) is 4.74 Å². The van der Waals surface area contributed by atoms with Gasteiger partial charge in [0.25, 0.3) is 5.91 Å². The Morgan fingerprint density at radius 2 is 1.59 bits per heavy atom. The summed E-state index contributed by atoms with van der Waals surface area (Å²) in [5, 5.41) is 15.2. The number of aromatic nitrogens is 3. The molecule has 0 radical (unpaired) electrons. The molecule has 6 rings (SSSR count). The monoisotopic (exact) mass is 602 g/mol. The van der Waals surface area contributed by atoms with Crippen LogP contribution in [0, 0.1) is 11.6 Å². The maximum absolute atomic E-state index is 13.6. The van der Waals surface area contributed by atoms with Crippen LogP contribution in [0.5, 0.6) is 0 Å². The second kappa shape index (κ2) is 13.4. The van der Waals surface area contributed by atoms with Crippen LogP contribution < -0.4 is 15.5 Å². The molecule has 3 aromatic carbocycles. The van der Waals surface area contributed by atoms with Crippen LogP contribution in [0.2, 0.25) is 0 Å². The molecule has 4 aromatic rings. The molecule has 0 saturated carbocycles. The van der Waals surface area contributed by atoms with Gasteiger partial charge in [0, 0.05) is 68.9 Å². The van der Waals surface area contributed by atoms with Crippen LogP contribution in [0.3, 0.4) is 0 Å². The molecule has 1 aromatic heterocycles. The average molecular weight is 603 g/mol. The van der Waals surface area contributed by atoms with E-state index in [1.165, 1.54) is 12.1 Å². The minimum Gasteiger partial charge on any atom is -0.381 e. The van der Waals surface area contributed by atoms with E-state index >= 15 is 0 Å². The van der Waals surface area contributed by atoms with Gasteiger partial charge in [-0.3, -0.25) is 4.79 Å². The van der Waals surface area contributed by atoms with Gasteiger partial charge in [-0.15, -0.1) is 5.10 Å². The second-order valence-electron chi connectivity index (χ2n) is 11.1. The Kier molecular flexibility index (Phi) is 8.99. The maximum atomic E-state index is 13.6. The standard InChI is InChI=1S/C32H36F2N8O2/c1-39-7-9-40(10-8-39)31-6-5-27(19-30(31)32(43)41-11-13-44-14-12-41)36-21-28-22-42(38-37-28)29-4-2-3-26(18-29)35-20-23-15-24(33)17-25(34)16-23/h2-6,15-19,22,35-36H,7-14,20-21H2,1H3. The molecule has 1 amide bonds. The molecule has 0 spiro atoms. The van der Waals surface area contributed by atoms with E-state index in [2.05, 4.69) is 37.8 Å². The fraction of sp³-hybridized carbons (Fsp3) is 0.344.